The van der Waals surface area contributed by atoms with Gasteiger partial charge < -0.3 is 15.5 Å². The van der Waals surface area contributed by atoms with Crippen molar-refractivity contribution in [3.05, 3.63) is 0 Å². The van der Waals surface area contributed by atoms with Crippen LogP contribution in [0.3, 0.4) is 0 Å². The second-order valence-electron chi connectivity index (χ2n) is 5.56. The lowest BCUT2D eigenvalue weighted by molar-refractivity contribution is -0.125. The monoisotopic (exact) mass is 267 g/mol. The van der Waals surface area contributed by atoms with E-state index < -0.39 is 0 Å². The molecule has 0 aromatic rings. The first-order valence-electron chi connectivity index (χ1n) is 7.55. The van der Waals surface area contributed by atoms with Crippen molar-refractivity contribution in [3.8, 4) is 0 Å². The van der Waals surface area contributed by atoms with Gasteiger partial charge in [0.05, 0.1) is 0 Å². The summed E-state index contributed by atoms with van der Waals surface area (Å²) in [6, 6.07) is -0.297. The number of nitrogens with zero attached hydrogens (tertiary/aromatic N) is 1. The van der Waals surface area contributed by atoms with Gasteiger partial charge in [-0.1, -0.05) is 6.42 Å². The van der Waals surface area contributed by atoms with Gasteiger partial charge in [0, 0.05) is 13.0 Å². The molecule has 2 saturated heterocycles. The van der Waals surface area contributed by atoms with Gasteiger partial charge in [-0.25, -0.2) is 0 Å². The number of amides is 2. The van der Waals surface area contributed by atoms with Crippen LogP contribution < -0.4 is 10.6 Å². The Morgan fingerprint density at radius 2 is 2.05 bits per heavy atom. The molecule has 0 aliphatic carbocycles. The molecule has 5 heteroatoms. The summed E-state index contributed by atoms with van der Waals surface area (Å²) in [5.41, 5.74) is 0. The molecular formula is C14H25N3O2. The molecule has 0 radical (unpaired) electrons. The normalized spacial score (nSPS) is 24.2. The van der Waals surface area contributed by atoms with Crippen molar-refractivity contribution in [2.45, 2.75) is 51.0 Å². The molecule has 0 spiro atoms. The fraction of sp³-hybridized carbons (Fsp3) is 0.857. The minimum absolute atomic E-state index is 0.00903. The summed E-state index contributed by atoms with van der Waals surface area (Å²) in [4.78, 5) is 25.2. The molecule has 0 saturated carbocycles. The van der Waals surface area contributed by atoms with Crippen LogP contribution in [0.25, 0.3) is 0 Å². The molecule has 0 aromatic heterocycles. The van der Waals surface area contributed by atoms with Crippen LogP contribution in [0.1, 0.15) is 44.9 Å². The molecule has 108 valence electrons. The van der Waals surface area contributed by atoms with Crippen LogP contribution in [0.15, 0.2) is 0 Å². The van der Waals surface area contributed by atoms with Crippen LogP contribution in [0.2, 0.25) is 0 Å². The highest BCUT2D eigenvalue weighted by atomic mass is 16.2. The molecule has 0 aromatic carbocycles. The van der Waals surface area contributed by atoms with Gasteiger partial charge in [0.1, 0.15) is 6.04 Å². The SMILES string of the molecule is O=C1CCC(C(=O)NCCCCN2CCCCC2)N1. The van der Waals surface area contributed by atoms with Gasteiger partial charge in [0.25, 0.3) is 0 Å². The Kier molecular flexibility index (Phi) is 5.63. The van der Waals surface area contributed by atoms with Crippen LogP contribution in [0.5, 0.6) is 0 Å². The average Bonchev–Trinajstić information content (AvgIpc) is 2.86. The highest BCUT2D eigenvalue weighted by molar-refractivity contribution is 5.90. The van der Waals surface area contributed by atoms with Crippen LogP contribution in [0.4, 0.5) is 0 Å². The van der Waals surface area contributed by atoms with Crippen LogP contribution in [0, 0.1) is 0 Å². The fourth-order valence-electron chi connectivity index (χ4n) is 2.79. The van der Waals surface area contributed by atoms with Crippen molar-refractivity contribution in [1.82, 2.24) is 15.5 Å². The van der Waals surface area contributed by atoms with Gasteiger partial charge in [-0.2, -0.15) is 0 Å². The Labute approximate surface area is 115 Å². The topological polar surface area (TPSA) is 61.4 Å². The Morgan fingerprint density at radius 1 is 1.26 bits per heavy atom. The standard InChI is InChI=1S/C14H25N3O2/c18-13-7-6-12(16-13)14(19)15-8-2-5-11-17-9-3-1-4-10-17/h12H,1-11H2,(H,15,19)(H,16,18). The molecule has 2 aliphatic heterocycles. The van der Waals surface area contributed by atoms with E-state index in [0.717, 1.165) is 25.9 Å². The fourth-order valence-corrected chi connectivity index (χ4v) is 2.79. The molecule has 2 fully saturated rings. The summed E-state index contributed by atoms with van der Waals surface area (Å²) < 4.78 is 0. The number of nitrogens with one attached hydrogen (secondary N) is 2. The van der Waals surface area contributed by atoms with E-state index >= 15 is 0 Å². The third-order valence-corrected chi connectivity index (χ3v) is 3.96. The van der Waals surface area contributed by atoms with E-state index in [2.05, 4.69) is 15.5 Å². The first-order valence-corrected chi connectivity index (χ1v) is 7.55. The van der Waals surface area contributed by atoms with E-state index in [4.69, 9.17) is 0 Å². The zero-order valence-corrected chi connectivity index (χ0v) is 11.6. The quantitative estimate of drug-likeness (QED) is 0.695. The maximum atomic E-state index is 11.7. The smallest absolute Gasteiger partial charge is 0.242 e. The summed E-state index contributed by atoms with van der Waals surface area (Å²) in [5.74, 6) is -0.0333. The van der Waals surface area contributed by atoms with E-state index in [1.807, 2.05) is 0 Å². The number of piperidine rings is 1. The maximum absolute atomic E-state index is 11.7. The lowest BCUT2D eigenvalue weighted by Crippen LogP contribution is -2.42. The van der Waals surface area contributed by atoms with Gasteiger partial charge in [-0.15, -0.1) is 0 Å². The zero-order valence-electron chi connectivity index (χ0n) is 11.6. The van der Waals surface area contributed by atoms with E-state index in [0.29, 0.717) is 12.8 Å². The van der Waals surface area contributed by atoms with Gasteiger partial charge >= 0.3 is 0 Å². The zero-order chi connectivity index (χ0) is 13.5. The highest BCUT2D eigenvalue weighted by Gasteiger charge is 2.26. The van der Waals surface area contributed by atoms with Gasteiger partial charge in [-0.05, 0) is 51.7 Å². The second kappa shape index (κ2) is 7.48. The third-order valence-electron chi connectivity index (χ3n) is 3.96. The predicted molar refractivity (Wildman–Crippen MR) is 73.7 cm³/mol. The van der Waals surface area contributed by atoms with E-state index in [1.165, 1.54) is 32.4 Å². The van der Waals surface area contributed by atoms with Crippen molar-refractivity contribution in [1.29, 1.82) is 0 Å². The van der Waals surface area contributed by atoms with Crippen molar-refractivity contribution in [2.75, 3.05) is 26.2 Å². The number of unbranched alkanes of at least 4 members (excludes halogenated alkanes) is 1. The third kappa shape index (κ3) is 4.82. The highest BCUT2D eigenvalue weighted by Crippen LogP contribution is 2.09. The van der Waals surface area contributed by atoms with Crippen molar-refractivity contribution >= 4 is 11.8 Å². The summed E-state index contributed by atoms with van der Waals surface area (Å²) in [5, 5.41) is 5.60. The predicted octanol–water partition coefficient (Wildman–Crippen LogP) is 0.647. The molecule has 1 atom stereocenters. The van der Waals surface area contributed by atoms with Crippen molar-refractivity contribution in [3.63, 3.8) is 0 Å². The molecule has 0 bridgehead atoms. The molecule has 2 aliphatic rings. The molecular weight excluding hydrogens is 242 g/mol. The first kappa shape index (κ1) is 14.3. The number of carbonyl (C=O) groups is 2. The summed E-state index contributed by atoms with van der Waals surface area (Å²) in [7, 11) is 0. The van der Waals surface area contributed by atoms with Gasteiger partial charge in [0.15, 0.2) is 0 Å². The largest absolute Gasteiger partial charge is 0.354 e. The Morgan fingerprint density at radius 3 is 2.74 bits per heavy atom. The number of hydrogen-bond donors (Lipinski definition) is 2. The van der Waals surface area contributed by atoms with Crippen molar-refractivity contribution in [2.24, 2.45) is 0 Å². The van der Waals surface area contributed by atoms with Crippen LogP contribution in [-0.4, -0.2) is 48.9 Å². The molecule has 2 N–H and O–H groups in total. The van der Waals surface area contributed by atoms with Gasteiger partial charge in [-0.3, -0.25) is 9.59 Å². The van der Waals surface area contributed by atoms with E-state index in [-0.39, 0.29) is 17.9 Å². The summed E-state index contributed by atoms with van der Waals surface area (Å²) in [6.45, 7) is 4.34. The lowest BCUT2D eigenvalue weighted by Gasteiger charge is -2.26. The minimum Gasteiger partial charge on any atom is -0.354 e. The van der Waals surface area contributed by atoms with Gasteiger partial charge in [0.2, 0.25) is 11.8 Å². The Hall–Kier alpha value is -1.10. The van der Waals surface area contributed by atoms with Crippen molar-refractivity contribution < 1.29 is 9.59 Å². The number of carbonyl (C=O) groups excluding carboxylic acids is 2. The minimum atomic E-state index is -0.297. The maximum Gasteiger partial charge on any atom is 0.242 e. The molecule has 19 heavy (non-hydrogen) atoms. The number of likely N-dealkylation sites (tertiary alicyclic amines) is 1. The Balaban J connectivity index is 1.49. The first-order chi connectivity index (χ1) is 9.25. The Bertz CT molecular complexity index is 314. The summed E-state index contributed by atoms with van der Waals surface area (Å²) >= 11 is 0. The molecule has 2 amide bonds. The average molecular weight is 267 g/mol. The van der Waals surface area contributed by atoms with E-state index in [9.17, 15) is 9.59 Å². The number of rotatable bonds is 6. The lowest BCUT2D eigenvalue weighted by atomic mass is 10.1. The molecule has 2 heterocycles. The molecule has 1 unspecified atom stereocenters. The second-order valence-corrected chi connectivity index (χ2v) is 5.56. The molecule has 5 nitrogen and oxygen atoms in total. The van der Waals surface area contributed by atoms with E-state index in [1.54, 1.807) is 0 Å². The number of hydrogen-bond acceptors (Lipinski definition) is 3. The van der Waals surface area contributed by atoms with Crippen LogP contribution in [-0.2, 0) is 9.59 Å². The molecule has 2 rings (SSSR count). The van der Waals surface area contributed by atoms with Crippen LogP contribution >= 0.6 is 0 Å². The summed E-state index contributed by atoms with van der Waals surface area (Å²) in [6.07, 6.45) is 7.31.